The van der Waals surface area contributed by atoms with Gasteiger partial charge in [0.1, 0.15) is 5.82 Å². The van der Waals surface area contributed by atoms with E-state index in [0.29, 0.717) is 6.42 Å². The summed E-state index contributed by atoms with van der Waals surface area (Å²) in [6.07, 6.45) is -0.574. The van der Waals surface area contributed by atoms with Crippen LogP contribution in [0.4, 0.5) is 4.39 Å². The van der Waals surface area contributed by atoms with E-state index in [-0.39, 0.29) is 12.2 Å². The lowest BCUT2D eigenvalue weighted by Crippen LogP contribution is -2.30. The number of esters is 1. The quantitative estimate of drug-likeness (QED) is 0.666. The van der Waals surface area contributed by atoms with Crippen molar-refractivity contribution >= 4 is 22.8 Å². The first-order valence-corrected chi connectivity index (χ1v) is 8.30. The van der Waals surface area contributed by atoms with E-state index in [4.69, 9.17) is 10.5 Å². The van der Waals surface area contributed by atoms with Crippen molar-refractivity contribution in [1.29, 1.82) is 0 Å². The van der Waals surface area contributed by atoms with Gasteiger partial charge in [0.15, 0.2) is 6.10 Å². The highest BCUT2D eigenvalue weighted by Gasteiger charge is 2.18. The average Bonchev–Trinajstić information content (AvgIpc) is 2.98. The van der Waals surface area contributed by atoms with E-state index in [1.54, 1.807) is 6.07 Å². The number of carbonyl (C=O) groups excluding carboxylic acids is 2. The average molecular weight is 354 g/mol. The van der Waals surface area contributed by atoms with E-state index in [2.05, 4.69) is 4.98 Å². The molecule has 0 saturated heterocycles. The first-order valence-electron chi connectivity index (χ1n) is 8.30. The maximum Gasteiger partial charge on any atom is 0.306 e. The van der Waals surface area contributed by atoms with Gasteiger partial charge < -0.3 is 15.5 Å². The molecule has 0 aliphatic rings. The zero-order valence-corrected chi connectivity index (χ0v) is 14.3. The number of H-pyrrole nitrogens is 1. The van der Waals surface area contributed by atoms with Crippen molar-refractivity contribution < 1.29 is 18.7 Å². The molecule has 0 spiro atoms. The van der Waals surface area contributed by atoms with Gasteiger partial charge in [0.2, 0.25) is 0 Å². The van der Waals surface area contributed by atoms with Crippen LogP contribution < -0.4 is 5.73 Å². The number of halogens is 1. The molecule has 5 nitrogen and oxygen atoms in total. The number of benzene rings is 2. The van der Waals surface area contributed by atoms with Gasteiger partial charge in [-0.05, 0) is 42.7 Å². The SMILES string of the molecule is CC(OC(=O)CCc1c(-c2ccccc2)[nH]c2ccc(F)cc12)C(N)=O. The summed E-state index contributed by atoms with van der Waals surface area (Å²) in [6.45, 7) is 1.43. The molecule has 3 aromatic rings. The Morgan fingerprint density at radius 1 is 1.19 bits per heavy atom. The summed E-state index contributed by atoms with van der Waals surface area (Å²) < 4.78 is 18.7. The van der Waals surface area contributed by atoms with E-state index >= 15 is 0 Å². The number of aryl methyl sites for hydroxylation is 1. The molecule has 1 unspecified atom stereocenters. The van der Waals surface area contributed by atoms with E-state index in [1.807, 2.05) is 30.3 Å². The molecule has 1 aromatic heterocycles. The highest BCUT2D eigenvalue weighted by molar-refractivity contribution is 5.91. The largest absolute Gasteiger partial charge is 0.453 e. The van der Waals surface area contributed by atoms with Crippen molar-refractivity contribution in [3.63, 3.8) is 0 Å². The van der Waals surface area contributed by atoms with Crippen LogP contribution in [0.3, 0.4) is 0 Å². The summed E-state index contributed by atoms with van der Waals surface area (Å²) in [5.74, 6) is -1.57. The first-order chi connectivity index (χ1) is 12.5. The standard InChI is InChI=1S/C20H19FN2O3/c1-12(20(22)25)26-18(24)10-8-15-16-11-14(21)7-9-17(16)23-19(15)13-5-3-2-4-6-13/h2-7,9,11-12,23H,8,10H2,1H3,(H2,22,25). The normalized spacial score (nSPS) is 12.1. The molecule has 0 aliphatic carbocycles. The van der Waals surface area contributed by atoms with Crippen LogP contribution in [0, 0.1) is 5.82 Å². The number of rotatable bonds is 6. The molecule has 3 N–H and O–H groups in total. The molecule has 0 fully saturated rings. The molecule has 0 radical (unpaired) electrons. The molecule has 1 heterocycles. The van der Waals surface area contributed by atoms with Crippen LogP contribution >= 0.6 is 0 Å². The molecule has 0 bridgehead atoms. The Balaban J connectivity index is 1.92. The number of hydrogen-bond acceptors (Lipinski definition) is 3. The summed E-state index contributed by atoms with van der Waals surface area (Å²) >= 11 is 0. The zero-order chi connectivity index (χ0) is 18.7. The summed E-state index contributed by atoms with van der Waals surface area (Å²) in [7, 11) is 0. The fourth-order valence-corrected chi connectivity index (χ4v) is 2.87. The zero-order valence-electron chi connectivity index (χ0n) is 14.3. The van der Waals surface area contributed by atoms with Crippen molar-refractivity contribution in [3.8, 4) is 11.3 Å². The first kappa shape index (κ1) is 17.7. The number of hydrogen-bond donors (Lipinski definition) is 2. The number of ether oxygens (including phenoxy) is 1. The van der Waals surface area contributed by atoms with Gasteiger partial charge in [0.25, 0.3) is 5.91 Å². The maximum absolute atomic E-state index is 13.7. The molecule has 3 rings (SSSR count). The number of aromatic nitrogens is 1. The van der Waals surface area contributed by atoms with Gasteiger partial charge >= 0.3 is 5.97 Å². The Kier molecular flexibility index (Phi) is 5.02. The van der Waals surface area contributed by atoms with Gasteiger partial charge in [0.05, 0.1) is 0 Å². The molecular weight excluding hydrogens is 335 g/mol. The van der Waals surface area contributed by atoms with Gasteiger partial charge in [-0.1, -0.05) is 30.3 Å². The monoisotopic (exact) mass is 354 g/mol. The molecule has 0 aliphatic heterocycles. The molecule has 134 valence electrons. The lowest BCUT2D eigenvalue weighted by Gasteiger charge is -2.10. The number of primary amides is 1. The van der Waals surface area contributed by atoms with Crippen molar-refractivity contribution in [1.82, 2.24) is 4.98 Å². The van der Waals surface area contributed by atoms with Crippen molar-refractivity contribution in [2.45, 2.75) is 25.9 Å². The predicted octanol–water partition coefficient (Wildman–Crippen LogP) is 3.32. The van der Waals surface area contributed by atoms with E-state index < -0.39 is 18.0 Å². The maximum atomic E-state index is 13.7. The Morgan fingerprint density at radius 3 is 2.62 bits per heavy atom. The number of nitrogens with two attached hydrogens (primary N) is 1. The van der Waals surface area contributed by atoms with Crippen LogP contribution in [0.5, 0.6) is 0 Å². The molecule has 6 heteroatoms. The number of amides is 1. The van der Waals surface area contributed by atoms with E-state index in [1.165, 1.54) is 19.1 Å². The second-order valence-electron chi connectivity index (χ2n) is 6.07. The number of fused-ring (bicyclic) bond motifs is 1. The molecule has 26 heavy (non-hydrogen) atoms. The summed E-state index contributed by atoms with van der Waals surface area (Å²) in [6, 6.07) is 14.1. The number of carbonyl (C=O) groups is 2. The summed E-state index contributed by atoms with van der Waals surface area (Å²) in [5.41, 5.74) is 8.50. The summed E-state index contributed by atoms with van der Waals surface area (Å²) in [4.78, 5) is 26.3. The lowest BCUT2D eigenvalue weighted by atomic mass is 10.0. The number of nitrogens with one attached hydrogen (secondary N) is 1. The second-order valence-corrected chi connectivity index (χ2v) is 6.07. The Hall–Kier alpha value is -3.15. The van der Waals surface area contributed by atoms with Crippen LogP contribution in [0.25, 0.3) is 22.2 Å². The third kappa shape index (κ3) is 3.74. The van der Waals surface area contributed by atoms with Crippen molar-refractivity contribution in [2.24, 2.45) is 5.73 Å². The van der Waals surface area contributed by atoms with Crippen LogP contribution in [0.2, 0.25) is 0 Å². The second kappa shape index (κ2) is 7.39. The van der Waals surface area contributed by atoms with Crippen LogP contribution in [-0.4, -0.2) is 23.0 Å². The molecule has 2 aromatic carbocycles. The highest BCUT2D eigenvalue weighted by Crippen LogP contribution is 2.31. The Morgan fingerprint density at radius 2 is 1.92 bits per heavy atom. The van der Waals surface area contributed by atoms with Gasteiger partial charge in [-0.3, -0.25) is 9.59 Å². The van der Waals surface area contributed by atoms with Gasteiger partial charge in [0, 0.05) is 23.0 Å². The minimum absolute atomic E-state index is 0.0565. The van der Waals surface area contributed by atoms with Crippen LogP contribution in [-0.2, 0) is 20.7 Å². The third-order valence-electron chi connectivity index (χ3n) is 4.22. The molecule has 1 atom stereocenters. The molecular formula is C20H19FN2O3. The minimum Gasteiger partial charge on any atom is -0.453 e. The van der Waals surface area contributed by atoms with Crippen molar-refractivity contribution in [3.05, 3.63) is 59.9 Å². The van der Waals surface area contributed by atoms with Gasteiger partial charge in [-0.2, -0.15) is 0 Å². The van der Waals surface area contributed by atoms with Crippen molar-refractivity contribution in [2.75, 3.05) is 0 Å². The fraction of sp³-hybridized carbons (Fsp3) is 0.200. The third-order valence-corrected chi connectivity index (χ3v) is 4.22. The molecule has 0 saturated carbocycles. The van der Waals surface area contributed by atoms with Gasteiger partial charge in [-0.15, -0.1) is 0 Å². The van der Waals surface area contributed by atoms with Gasteiger partial charge in [-0.25, -0.2) is 4.39 Å². The lowest BCUT2D eigenvalue weighted by molar-refractivity contribution is -0.153. The number of aromatic amines is 1. The minimum atomic E-state index is -0.975. The Labute approximate surface area is 150 Å². The van der Waals surface area contributed by atoms with E-state index in [0.717, 1.165) is 27.7 Å². The van der Waals surface area contributed by atoms with Crippen LogP contribution in [0.15, 0.2) is 48.5 Å². The van der Waals surface area contributed by atoms with E-state index in [9.17, 15) is 14.0 Å². The summed E-state index contributed by atoms with van der Waals surface area (Å²) in [5, 5.41) is 0.722. The predicted molar refractivity (Wildman–Crippen MR) is 96.8 cm³/mol. The fourth-order valence-electron chi connectivity index (χ4n) is 2.87. The van der Waals surface area contributed by atoms with Crippen LogP contribution in [0.1, 0.15) is 18.9 Å². The molecule has 1 amide bonds. The smallest absolute Gasteiger partial charge is 0.306 e. The highest BCUT2D eigenvalue weighted by atomic mass is 19.1. The Bertz CT molecular complexity index is 950. The topological polar surface area (TPSA) is 85.2 Å².